The molecular weight excluding hydrogens is 150 g/mol. The zero-order valence-corrected chi connectivity index (χ0v) is 7.68. The SMILES string of the molecule is CCCCNCCc1ccco1. The fourth-order valence-electron chi connectivity index (χ4n) is 1.09. The van der Waals surface area contributed by atoms with Gasteiger partial charge in [0.05, 0.1) is 6.26 Å². The summed E-state index contributed by atoms with van der Waals surface area (Å²) in [5.74, 6) is 1.07. The highest BCUT2D eigenvalue weighted by molar-refractivity contribution is 4.98. The second-order valence-corrected chi connectivity index (χ2v) is 2.93. The summed E-state index contributed by atoms with van der Waals surface area (Å²) in [6.07, 6.45) is 5.24. The number of hydrogen-bond acceptors (Lipinski definition) is 2. The van der Waals surface area contributed by atoms with E-state index in [9.17, 15) is 0 Å². The maximum Gasteiger partial charge on any atom is 0.105 e. The molecule has 1 rings (SSSR count). The van der Waals surface area contributed by atoms with Crippen molar-refractivity contribution in [3.05, 3.63) is 24.2 Å². The number of furan rings is 1. The van der Waals surface area contributed by atoms with Gasteiger partial charge in [-0.15, -0.1) is 0 Å². The molecule has 1 heterocycles. The lowest BCUT2D eigenvalue weighted by Crippen LogP contribution is -2.17. The molecule has 12 heavy (non-hydrogen) atoms. The van der Waals surface area contributed by atoms with Gasteiger partial charge in [0.2, 0.25) is 0 Å². The van der Waals surface area contributed by atoms with Crippen LogP contribution in [0.2, 0.25) is 0 Å². The van der Waals surface area contributed by atoms with Gasteiger partial charge >= 0.3 is 0 Å². The third-order valence-electron chi connectivity index (χ3n) is 1.84. The minimum Gasteiger partial charge on any atom is -0.469 e. The molecule has 0 amide bonds. The van der Waals surface area contributed by atoms with Gasteiger partial charge in [0.15, 0.2) is 0 Å². The first-order valence-electron chi connectivity index (χ1n) is 4.66. The largest absolute Gasteiger partial charge is 0.469 e. The van der Waals surface area contributed by atoms with E-state index in [0.717, 1.165) is 25.3 Å². The van der Waals surface area contributed by atoms with Crippen LogP contribution in [0, 0.1) is 0 Å². The van der Waals surface area contributed by atoms with Crippen molar-refractivity contribution in [2.45, 2.75) is 26.2 Å². The van der Waals surface area contributed by atoms with Crippen molar-refractivity contribution in [3.63, 3.8) is 0 Å². The molecule has 0 atom stereocenters. The Morgan fingerprint density at radius 3 is 3.00 bits per heavy atom. The van der Waals surface area contributed by atoms with Gasteiger partial charge in [0.25, 0.3) is 0 Å². The van der Waals surface area contributed by atoms with E-state index >= 15 is 0 Å². The Kier molecular flexibility index (Phi) is 4.54. The fraction of sp³-hybridized carbons (Fsp3) is 0.600. The minimum atomic E-state index is 0.997. The van der Waals surface area contributed by atoms with Crippen LogP contribution in [0.4, 0.5) is 0 Å². The summed E-state index contributed by atoms with van der Waals surface area (Å²) in [6.45, 7) is 4.35. The molecule has 1 N–H and O–H groups in total. The van der Waals surface area contributed by atoms with E-state index in [2.05, 4.69) is 12.2 Å². The lowest BCUT2D eigenvalue weighted by Gasteiger charge is -2.00. The van der Waals surface area contributed by atoms with Gasteiger partial charge in [-0.2, -0.15) is 0 Å². The molecule has 0 spiro atoms. The number of hydrogen-bond donors (Lipinski definition) is 1. The van der Waals surface area contributed by atoms with Crippen LogP contribution in [0.3, 0.4) is 0 Å². The summed E-state index contributed by atoms with van der Waals surface area (Å²) < 4.78 is 5.20. The first-order valence-corrected chi connectivity index (χ1v) is 4.66. The summed E-state index contributed by atoms with van der Waals surface area (Å²) in [4.78, 5) is 0. The van der Waals surface area contributed by atoms with Crippen molar-refractivity contribution in [1.29, 1.82) is 0 Å². The monoisotopic (exact) mass is 167 g/mol. The molecule has 0 bridgehead atoms. The first-order chi connectivity index (χ1) is 5.93. The lowest BCUT2D eigenvalue weighted by molar-refractivity contribution is 0.497. The van der Waals surface area contributed by atoms with Crippen molar-refractivity contribution in [3.8, 4) is 0 Å². The van der Waals surface area contributed by atoms with Crippen LogP contribution < -0.4 is 5.32 Å². The Morgan fingerprint density at radius 2 is 2.33 bits per heavy atom. The van der Waals surface area contributed by atoms with Gasteiger partial charge < -0.3 is 9.73 Å². The van der Waals surface area contributed by atoms with Gasteiger partial charge in [-0.25, -0.2) is 0 Å². The quantitative estimate of drug-likeness (QED) is 0.657. The van der Waals surface area contributed by atoms with Gasteiger partial charge in [0.1, 0.15) is 5.76 Å². The van der Waals surface area contributed by atoms with Crippen molar-refractivity contribution in [2.24, 2.45) is 0 Å². The molecule has 0 unspecified atom stereocenters. The Hall–Kier alpha value is -0.760. The third-order valence-corrected chi connectivity index (χ3v) is 1.84. The lowest BCUT2D eigenvalue weighted by atomic mass is 10.3. The molecule has 1 aromatic heterocycles. The highest BCUT2D eigenvalue weighted by Crippen LogP contribution is 1.99. The second kappa shape index (κ2) is 5.84. The summed E-state index contributed by atoms with van der Waals surface area (Å²) >= 11 is 0. The van der Waals surface area contributed by atoms with Gasteiger partial charge in [-0.05, 0) is 25.1 Å². The van der Waals surface area contributed by atoms with E-state index in [1.807, 2.05) is 12.1 Å². The van der Waals surface area contributed by atoms with Crippen LogP contribution >= 0.6 is 0 Å². The summed E-state index contributed by atoms with van der Waals surface area (Å²) in [5.41, 5.74) is 0. The number of unbranched alkanes of at least 4 members (excludes halogenated alkanes) is 1. The smallest absolute Gasteiger partial charge is 0.105 e. The molecule has 0 saturated carbocycles. The minimum absolute atomic E-state index is 0.997. The molecule has 68 valence electrons. The van der Waals surface area contributed by atoms with Gasteiger partial charge in [-0.3, -0.25) is 0 Å². The number of nitrogens with one attached hydrogen (secondary N) is 1. The average molecular weight is 167 g/mol. The molecular formula is C10H17NO. The standard InChI is InChI=1S/C10H17NO/c1-2-3-7-11-8-6-10-5-4-9-12-10/h4-5,9,11H,2-3,6-8H2,1H3. The predicted octanol–water partition coefficient (Wildman–Crippen LogP) is 2.21. The first kappa shape index (κ1) is 9.33. The molecule has 0 aliphatic heterocycles. The van der Waals surface area contributed by atoms with E-state index in [1.165, 1.54) is 12.8 Å². The molecule has 2 nitrogen and oxygen atoms in total. The molecule has 0 radical (unpaired) electrons. The fourth-order valence-corrected chi connectivity index (χ4v) is 1.09. The zero-order chi connectivity index (χ0) is 8.65. The molecule has 0 fully saturated rings. The normalized spacial score (nSPS) is 10.4. The van der Waals surface area contributed by atoms with E-state index < -0.39 is 0 Å². The van der Waals surface area contributed by atoms with Crippen LogP contribution in [-0.4, -0.2) is 13.1 Å². The average Bonchev–Trinajstić information content (AvgIpc) is 2.57. The second-order valence-electron chi connectivity index (χ2n) is 2.93. The van der Waals surface area contributed by atoms with Crippen LogP contribution in [0.1, 0.15) is 25.5 Å². The maximum absolute atomic E-state index is 5.20. The highest BCUT2D eigenvalue weighted by atomic mass is 16.3. The van der Waals surface area contributed by atoms with Crippen LogP contribution in [-0.2, 0) is 6.42 Å². The van der Waals surface area contributed by atoms with E-state index in [1.54, 1.807) is 6.26 Å². The van der Waals surface area contributed by atoms with Crippen LogP contribution in [0.15, 0.2) is 22.8 Å². The van der Waals surface area contributed by atoms with E-state index in [4.69, 9.17) is 4.42 Å². The summed E-state index contributed by atoms with van der Waals surface area (Å²) in [6, 6.07) is 3.95. The molecule has 2 heteroatoms. The maximum atomic E-state index is 5.20. The molecule has 0 aliphatic rings. The highest BCUT2D eigenvalue weighted by Gasteiger charge is 1.93. The van der Waals surface area contributed by atoms with E-state index in [-0.39, 0.29) is 0 Å². The van der Waals surface area contributed by atoms with Crippen molar-refractivity contribution in [2.75, 3.05) is 13.1 Å². The van der Waals surface area contributed by atoms with Gasteiger partial charge in [-0.1, -0.05) is 13.3 Å². The predicted molar refractivity (Wildman–Crippen MR) is 50.2 cm³/mol. The van der Waals surface area contributed by atoms with Gasteiger partial charge in [0, 0.05) is 13.0 Å². The summed E-state index contributed by atoms with van der Waals surface area (Å²) in [7, 11) is 0. The van der Waals surface area contributed by atoms with Crippen LogP contribution in [0.5, 0.6) is 0 Å². The molecule has 0 saturated heterocycles. The number of rotatable bonds is 6. The topological polar surface area (TPSA) is 25.2 Å². The molecule has 1 aromatic rings. The van der Waals surface area contributed by atoms with Crippen molar-refractivity contribution < 1.29 is 4.42 Å². The van der Waals surface area contributed by atoms with Crippen LogP contribution in [0.25, 0.3) is 0 Å². The van der Waals surface area contributed by atoms with Crippen molar-refractivity contribution in [1.82, 2.24) is 5.32 Å². The third kappa shape index (κ3) is 3.58. The zero-order valence-electron chi connectivity index (χ0n) is 7.68. The van der Waals surface area contributed by atoms with Crippen molar-refractivity contribution >= 4 is 0 Å². The Labute approximate surface area is 74.0 Å². The molecule has 0 aromatic carbocycles. The van der Waals surface area contributed by atoms with E-state index in [0.29, 0.717) is 0 Å². The summed E-state index contributed by atoms with van der Waals surface area (Å²) in [5, 5.41) is 3.36. The Morgan fingerprint density at radius 1 is 1.42 bits per heavy atom. The Bertz CT molecular complexity index is 182. The Balaban J connectivity index is 1.96. The molecule has 0 aliphatic carbocycles.